The Morgan fingerprint density at radius 3 is 2.73 bits per heavy atom. The average molecular weight is 347 g/mol. The van der Waals surface area contributed by atoms with Gasteiger partial charge in [0.2, 0.25) is 5.91 Å². The molecule has 2 rings (SSSR count). The van der Waals surface area contributed by atoms with Gasteiger partial charge in [0.1, 0.15) is 0 Å². The van der Waals surface area contributed by atoms with E-state index in [2.05, 4.69) is 10.6 Å². The lowest BCUT2D eigenvalue weighted by molar-refractivity contribution is -0.123. The highest BCUT2D eigenvalue weighted by Crippen LogP contribution is 2.27. The third kappa shape index (κ3) is 4.97. The van der Waals surface area contributed by atoms with Gasteiger partial charge >= 0.3 is 0 Å². The van der Waals surface area contributed by atoms with Crippen LogP contribution in [0.15, 0.2) is 18.2 Å². The molecule has 1 fully saturated rings. The molecule has 1 aliphatic rings. The SMILES string of the molecule is COc1ccc(CC(C)NC(=O)C2CSCN2)cc1OC.Cl. The molecule has 0 spiro atoms. The van der Waals surface area contributed by atoms with Crippen LogP contribution in [-0.2, 0) is 11.2 Å². The summed E-state index contributed by atoms with van der Waals surface area (Å²) in [5.41, 5.74) is 1.11. The van der Waals surface area contributed by atoms with Gasteiger partial charge in [0.15, 0.2) is 11.5 Å². The molecule has 1 aromatic carbocycles. The molecule has 22 heavy (non-hydrogen) atoms. The Bertz CT molecular complexity index is 496. The second kappa shape index (κ2) is 9.12. The first kappa shape index (κ1) is 18.9. The van der Waals surface area contributed by atoms with Crippen molar-refractivity contribution < 1.29 is 14.3 Å². The van der Waals surface area contributed by atoms with Crippen LogP contribution in [-0.4, -0.2) is 43.8 Å². The highest BCUT2D eigenvalue weighted by molar-refractivity contribution is 7.99. The van der Waals surface area contributed by atoms with E-state index in [1.54, 1.807) is 26.0 Å². The summed E-state index contributed by atoms with van der Waals surface area (Å²) in [6.07, 6.45) is 0.756. The number of ether oxygens (including phenoxy) is 2. The summed E-state index contributed by atoms with van der Waals surface area (Å²) in [6, 6.07) is 5.84. The Morgan fingerprint density at radius 1 is 1.41 bits per heavy atom. The molecule has 2 N–H and O–H groups in total. The third-order valence-corrected chi connectivity index (χ3v) is 4.35. The Labute approximate surface area is 141 Å². The van der Waals surface area contributed by atoms with Crippen LogP contribution in [0.4, 0.5) is 0 Å². The molecule has 7 heteroatoms. The standard InChI is InChI=1S/C15H22N2O3S.ClH/c1-10(17-15(18)12-8-21-9-16-12)6-11-4-5-13(19-2)14(7-11)20-3;/h4-5,7,10,12,16H,6,8-9H2,1-3H3,(H,17,18);1H. The van der Waals surface area contributed by atoms with E-state index in [1.807, 2.05) is 25.1 Å². The molecular formula is C15H23ClN2O3S. The summed E-state index contributed by atoms with van der Waals surface area (Å²) >= 11 is 1.75. The summed E-state index contributed by atoms with van der Waals surface area (Å²) in [5.74, 6) is 3.19. The number of benzene rings is 1. The number of hydrogen-bond acceptors (Lipinski definition) is 5. The summed E-state index contributed by atoms with van der Waals surface area (Å²) in [7, 11) is 3.24. The molecule has 0 aliphatic carbocycles. The number of nitrogens with one attached hydrogen (secondary N) is 2. The van der Waals surface area contributed by atoms with Gasteiger partial charge in [-0.25, -0.2) is 0 Å². The van der Waals surface area contributed by atoms with Crippen molar-refractivity contribution in [3.05, 3.63) is 23.8 Å². The normalized spacial score (nSPS) is 18.2. The van der Waals surface area contributed by atoms with E-state index in [4.69, 9.17) is 9.47 Å². The van der Waals surface area contributed by atoms with Gasteiger partial charge in [0.05, 0.1) is 20.3 Å². The Hall–Kier alpha value is -1.11. The molecule has 2 unspecified atom stereocenters. The number of methoxy groups -OCH3 is 2. The van der Waals surface area contributed by atoms with E-state index in [9.17, 15) is 4.79 Å². The zero-order valence-electron chi connectivity index (χ0n) is 13.0. The summed E-state index contributed by atoms with van der Waals surface area (Å²) in [6.45, 7) is 2.01. The van der Waals surface area contributed by atoms with E-state index in [0.29, 0.717) is 11.5 Å². The van der Waals surface area contributed by atoms with Crippen LogP contribution in [0.2, 0.25) is 0 Å². The first-order chi connectivity index (χ1) is 10.1. The second-order valence-electron chi connectivity index (χ2n) is 5.07. The number of halogens is 1. The first-order valence-electron chi connectivity index (χ1n) is 6.96. The molecule has 0 aromatic heterocycles. The van der Waals surface area contributed by atoms with E-state index >= 15 is 0 Å². The van der Waals surface area contributed by atoms with Crippen LogP contribution in [0.1, 0.15) is 12.5 Å². The largest absolute Gasteiger partial charge is 0.493 e. The smallest absolute Gasteiger partial charge is 0.238 e. The molecule has 0 saturated carbocycles. The van der Waals surface area contributed by atoms with Crippen LogP contribution in [0, 0.1) is 0 Å². The maximum Gasteiger partial charge on any atom is 0.238 e. The van der Waals surface area contributed by atoms with Crippen molar-refractivity contribution in [2.75, 3.05) is 25.8 Å². The molecule has 1 saturated heterocycles. The minimum absolute atomic E-state index is 0. The molecule has 1 aliphatic heterocycles. The van der Waals surface area contributed by atoms with Crippen LogP contribution in [0.5, 0.6) is 11.5 Å². The van der Waals surface area contributed by atoms with Gasteiger partial charge in [-0.2, -0.15) is 0 Å². The lowest BCUT2D eigenvalue weighted by Gasteiger charge is -2.17. The fourth-order valence-electron chi connectivity index (χ4n) is 2.32. The quantitative estimate of drug-likeness (QED) is 0.823. The number of carbonyl (C=O) groups is 1. The number of amides is 1. The molecule has 0 radical (unpaired) electrons. The molecular weight excluding hydrogens is 324 g/mol. The summed E-state index contributed by atoms with van der Waals surface area (Å²) in [4.78, 5) is 12.0. The Kier molecular flexibility index (Phi) is 7.85. The van der Waals surface area contributed by atoms with Crippen molar-refractivity contribution >= 4 is 30.1 Å². The molecule has 5 nitrogen and oxygen atoms in total. The topological polar surface area (TPSA) is 59.6 Å². The predicted molar refractivity (Wildman–Crippen MR) is 92.4 cm³/mol. The average Bonchev–Trinajstić information content (AvgIpc) is 3.01. The minimum Gasteiger partial charge on any atom is -0.493 e. The highest BCUT2D eigenvalue weighted by Gasteiger charge is 2.23. The third-order valence-electron chi connectivity index (χ3n) is 3.41. The van der Waals surface area contributed by atoms with Gasteiger partial charge in [-0.3, -0.25) is 10.1 Å². The fraction of sp³-hybridized carbons (Fsp3) is 0.533. The zero-order valence-corrected chi connectivity index (χ0v) is 14.7. The minimum atomic E-state index is -0.0668. The van der Waals surface area contributed by atoms with E-state index in [-0.39, 0.29) is 30.4 Å². The lowest BCUT2D eigenvalue weighted by atomic mass is 10.1. The van der Waals surface area contributed by atoms with Gasteiger partial charge in [-0.15, -0.1) is 24.2 Å². The molecule has 1 amide bonds. The van der Waals surface area contributed by atoms with Gasteiger partial charge in [0, 0.05) is 17.7 Å². The predicted octanol–water partition coefficient (Wildman–Crippen LogP) is 1.84. The number of hydrogen-bond donors (Lipinski definition) is 2. The van der Waals surface area contributed by atoms with Crippen molar-refractivity contribution in [1.82, 2.24) is 10.6 Å². The monoisotopic (exact) mass is 346 g/mol. The van der Waals surface area contributed by atoms with Crippen LogP contribution >= 0.6 is 24.2 Å². The summed E-state index contributed by atoms with van der Waals surface area (Å²) in [5, 5.41) is 6.22. The van der Waals surface area contributed by atoms with Crippen molar-refractivity contribution in [2.24, 2.45) is 0 Å². The van der Waals surface area contributed by atoms with Crippen LogP contribution in [0.3, 0.4) is 0 Å². The van der Waals surface area contributed by atoms with E-state index < -0.39 is 0 Å². The fourth-order valence-corrected chi connectivity index (χ4v) is 3.26. The molecule has 1 heterocycles. The van der Waals surface area contributed by atoms with Gasteiger partial charge in [-0.05, 0) is 31.0 Å². The lowest BCUT2D eigenvalue weighted by Crippen LogP contribution is -2.46. The van der Waals surface area contributed by atoms with Crippen LogP contribution in [0.25, 0.3) is 0 Å². The Balaban J connectivity index is 0.00000242. The van der Waals surface area contributed by atoms with Gasteiger partial charge < -0.3 is 14.8 Å². The zero-order chi connectivity index (χ0) is 15.2. The van der Waals surface area contributed by atoms with Crippen molar-refractivity contribution in [1.29, 1.82) is 0 Å². The second-order valence-corrected chi connectivity index (χ2v) is 6.11. The summed E-state index contributed by atoms with van der Waals surface area (Å²) < 4.78 is 10.5. The van der Waals surface area contributed by atoms with Crippen molar-refractivity contribution in [2.45, 2.75) is 25.4 Å². The maximum absolute atomic E-state index is 12.0. The highest BCUT2D eigenvalue weighted by atomic mass is 35.5. The first-order valence-corrected chi connectivity index (χ1v) is 8.12. The number of carbonyl (C=O) groups excluding carboxylic acids is 1. The molecule has 1 aromatic rings. The van der Waals surface area contributed by atoms with Crippen LogP contribution < -0.4 is 20.1 Å². The van der Waals surface area contributed by atoms with E-state index in [0.717, 1.165) is 23.6 Å². The van der Waals surface area contributed by atoms with Crippen molar-refractivity contribution in [3.63, 3.8) is 0 Å². The van der Waals surface area contributed by atoms with E-state index in [1.165, 1.54) is 0 Å². The molecule has 124 valence electrons. The maximum atomic E-state index is 12.0. The molecule has 2 atom stereocenters. The van der Waals surface area contributed by atoms with Gasteiger partial charge in [-0.1, -0.05) is 6.07 Å². The Morgan fingerprint density at radius 2 is 2.14 bits per heavy atom. The van der Waals surface area contributed by atoms with Crippen molar-refractivity contribution in [3.8, 4) is 11.5 Å². The number of rotatable bonds is 6. The van der Waals surface area contributed by atoms with Gasteiger partial charge in [0.25, 0.3) is 0 Å². The number of thioether (sulfide) groups is 1. The molecule has 0 bridgehead atoms.